The summed E-state index contributed by atoms with van der Waals surface area (Å²) in [5.74, 6) is 1.29. The van der Waals surface area contributed by atoms with Crippen LogP contribution >= 0.6 is 11.8 Å². The fourth-order valence-electron chi connectivity index (χ4n) is 2.20. The van der Waals surface area contributed by atoms with Crippen molar-refractivity contribution in [1.29, 1.82) is 0 Å². The molecule has 1 aromatic heterocycles. The molecule has 3 rings (SSSR count). The molecule has 23 heavy (non-hydrogen) atoms. The molecular weight excluding hydrogens is 312 g/mol. The van der Waals surface area contributed by atoms with Crippen molar-refractivity contribution >= 4 is 11.8 Å². The molecule has 0 bridgehead atoms. The molecule has 0 amide bonds. The summed E-state index contributed by atoms with van der Waals surface area (Å²) in [5, 5.41) is 22.6. The van der Waals surface area contributed by atoms with Crippen LogP contribution in [0, 0.1) is 0 Å². The van der Waals surface area contributed by atoms with Gasteiger partial charge in [-0.25, -0.2) is 4.68 Å². The van der Waals surface area contributed by atoms with Crippen LogP contribution in [0.1, 0.15) is 24.4 Å². The van der Waals surface area contributed by atoms with E-state index in [0.29, 0.717) is 11.8 Å². The van der Waals surface area contributed by atoms with E-state index in [1.807, 2.05) is 35.0 Å². The van der Waals surface area contributed by atoms with Gasteiger partial charge in [0.15, 0.2) is 0 Å². The molecule has 7 heteroatoms. The second-order valence-electron chi connectivity index (χ2n) is 5.51. The zero-order valence-corrected chi connectivity index (χ0v) is 13.7. The summed E-state index contributed by atoms with van der Waals surface area (Å²) in [6.07, 6.45) is 4.26. The Kier molecular flexibility index (Phi) is 5.30. The topological polar surface area (TPSA) is 73.1 Å². The predicted octanol–water partition coefficient (Wildman–Crippen LogP) is 2.27. The summed E-state index contributed by atoms with van der Waals surface area (Å²) in [6, 6.07) is 8.24. The van der Waals surface area contributed by atoms with E-state index in [1.54, 1.807) is 0 Å². The maximum Gasteiger partial charge on any atom is 0.209 e. The van der Waals surface area contributed by atoms with Gasteiger partial charge < -0.3 is 9.84 Å². The number of nitrogens with zero attached hydrogens (tertiary/aromatic N) is 4. The maximum atomic E-state index is 10.1. The summed E-state index contributed by atoms with van der Waals surface area (Å²) >= 11 is 1.46. The Hall–Kier alpha value is -1.86. The number of rotatable bonds is 9. The van der Waals surface area contributed by atoms with Gasteiger partial charge in [0.1, 0.15) is 12.4 Å². The van der Waals surface area contributed by atoms with Gasteiger partial charge in [-0.2, -0.15) is 0 Å². The number of tetrazole rings is 1. The van der Waals surface area contributed by atoms with Crippen LogP contribution in [-0.4, -0.2) is 43.8 Å². The third kappa shape index (κ3) is 4.33. The minimum Gasteiger partial charge on any atom is -0.491 e. The van der Waals surface area contributed by atoms with Gasteiger partial charge in [0, 0.05) is 5.75 Å². The zero-order chi connectivity index (χ0) is 16.1. The zero-order valence-electron chi connectivity index (χ0n) is 12.8. The van der Waals surface area contributed by atoms with Crippen LogP contribution in [0.5, 0.6) is 5.75 Å². The lowest BCUT2D eigenvalue weighted by Crippen LogP contribution is -2.20. The smallest absolute Gasteiger partial charge is 0.209 e. The van der Waals surface area contributed by atoms with Crippen molar-refractivity contribution in [2.45, 2.75) is 36.6 Å². The summed E-state index contributed by atoms with van der Waals surface area (Å²) in [7, 11) is 0. The third-order valence-corrected chi connectivity index (χ3v) is 4.61. The SMILES string of the molecule is C=CCc1ccccc1OC[C@H](O)CSc1nnnn1C1CC1. The lowest BCUT2D eigenvalue weighted by atomic mass is 10.1. The minimum atomic E-state index is -0.582. The lowest BCUT2D eigenvalue weighted by Gasteiger charge is -2.14. The molecule has 0 unspecified atom stereocenters. The first-order valence-electron chi connectivity index (χ1n) is 7.68. The van der Waals surface area contributed by atoms with Crippen LogP contribution in [0.15, 0.2) is 42.1 Å². The average Bonchev–Trinajstić information content (AvgIpc) is 3.30. The van der Waals surface area contributed by atoms with E-state index in [9.17, 15) is 5.11 Å². The summed E-state index contributed by atoms with van der Waals surface area (Å²) in [5.41, 5.74) is 1.07. The quantitative estimate of drug-likeness (QED) is 0.561. The predicted molar refractivity (Wildman–Crippen MR) is 88.7 cm³/mol. The molecule has 1 aliphatic carbocycles. The first-order valence-corrected chi connectivity index (χ1v) is 8.67. The summed E-state index contributed by atoms with van der Waals surface area (Å²) in [4.78, 5) is 0. The van der Waals surface area contributed by atoms with E-state index in [2.05, 4.69) is 22.1 Å². The number of aromatic nitrogens is 4. The van der Waals surface area contributed by atoms with Crippen molar-refractivity contribution < 1.29 is 9.84 Å². The van der Waals surface area contributed by atoms with Crippen LogP contribution in [0.3, 0.4) is 0 Å². The second-order valence-corrected chi connectivity index (χ2v) is 6.50. The largest absolute Gasteiger partial charge is 0.491 e. The van der Waals surface area contributed by atoms with Crippen molar-refractivity contribution in [3.05, 3.63) is 42.5 Å². The minimum absolute atomic E-state index is 0.242. The Labute approximate surface area is 139 Å². The van der Waals surface area contributed by atoms with Crippen molar-refractivity contribution in [3.63, 3.8) is 0 Å². The van der Waals surface area contributed by atoms with E-state index >= 15 is 0 Å². The molecule has 1 fully saturated rings. The number of thioether (sulfide) groups is 1. The fourth-order valence-corrected chi connectivity index (χ4v) is 3.05. The Balaban J connectivity index is 1.49. The highest BCUT2D eigenvalue weighted by atomic mass is 32.2. The summed E-state index contributed by atoms with van der Waals surface area (Å²) in [6.45, 7) is 3.99. The second kappa shape index (κ2) is 7.61. The Bertz CT molecular complexity index is 657. The van der Waals surface area contributed by atoms with Gasteiger partial charge in [0.2, 0.25) is 5.16 Å². The normalized spacial score (nSPS) is 15.3. The number of hydrogen-bond acceptors (Lipinski definition) is 6. The highest BCUT2D eigenvalue weighted by Crippen LogP contribution is 2.36. The molecule has 0 radical (unpaired) electrons. The fraction of sp³-hybridized carbons (Fsp3) is 0.438. The number of aliphatic hydroxyl groups is 1. The Morgan fingerprint density at radius 3 is 3.04 bits per heavy atom. The molecule has 0 saturated heterocycles. The molecule has 6 nitrogen and oxygen atoms in total. The molecular formula is C16H20N4O2S. The van der Waals surface area contributed by atoms with Crippen LogP contribution in [0.2, 0.25) is 0 Å². The van der Waals surface area contributed by atoms with E-state index < -0.39 is 6.10 Å². The lowest BCUT2D eigenvalue weighted by molar-refractivity contribution is 0.126. The van der Waals surface area contributed by atoms with Gasteiger partial charge in [-0.15, -0.1) is 11.7 Å². The summed E-state index contributed by atoms with van der Waals surface area (Å²) < 4.78 is 7.59. The van der Waals surface area contributed by atoms with E-state index in [0.717, 1.165) is 35.7 Å². The van der Waals surface area contributed by atoms with Gasteiger partial charge in [0.05, 0.1) is 12.1 Å². The number of para-hydroxylation sites is 1. The van der Waals surface area contributed by atoms with Crippen molar-refractivity contribution in [3.8, 4) is 5.75 Å². The standard InChI is InChI=1S/C16H20N4O2S/c1-2-5-12-6-3-4-7-15(12)22-10-14(21)11-23-16-17-18-19-20(16)13-8-9-13/h2-4,6-7,13-14,21H,1,5,8-11H2/t14-/m0/s1. The van der Waals surface area contributed by atoms with Crippen LogP contribution in [0.4, 0.5) is 0 Å². The number of hydrogen-bond donors (Lipinski definition) is 1. The van der Waals surface area contributed by atoms with Crippen molar-refractivity contribution in [2.24, 2.45) is 0 Å². The van der Waals surface area contributed by atoms with Crippen LogP contribution in [0.25, 0.3) is 0 Å². The molecule has 122 valence electrons. The number of allylic oxidation sites excluding steroid dienone is 1. The van der Waals surface area contributed by atoms with Gasteiger partial charge in [-0.1, -0.05) is 36.0 Å². The molecule has 1 aromatic carbocycles. The molecule has 1 saturated carbocycles. The Morgan fingerprint density at radius 1 is 1.43 bits per heavy atom. The third-order valence-electron chi connectivity index (χ3n) is 3.53. The number of aliphatic hydroxyl groups excluding tert-OH is 1. The van der Waals surface area contributed by atoms with E-state index in [1.165, 1.54) is 11.8 Å². The first-order chi connectivity index (χ1) is 11.3. The van der Waals surface area contributed by atoms with Crippen molar-refractivity contribution in [1.82, 2.24) is 20.2 Å². The Morgan fingerprint density at radius 2 is 2.26 bits per heavy atom. The maximum absolute atomic E-state index is 10.1. The molecule has 1 aliphatic rings. The molecule has 0 spiro atoms. The monoisotopic (exact) mass is 332 g/mol. The molecule has 0 aliphatic heterocycles. The highest BCUT2D eigenvalue weighted by molar-refractivity contribution is 7.99. The van der Waals surface area contributed by atoms with Crippen molar-refractivity contribution in [2.75, 3.05) is 12.4 Å². The molecule has 2 aromatic rings. The average molecular weight is 332 g/mol. The van der Waals surface area contributed by atoms with E-state index in [-0.39, 0.29) is 6.61 Å². The van der Waals surface area contributed by atoms with Gasteiger partial charge in [-0.3, -0.25) is 0 Å². The van der Waals surface area contributed by atoms with Crippen LogP contribution < -0.4 is 4.74 Å². The van der Waals surface area contributed by atoms with Gasteiger partial charge in [-0.05, 0) is 41.3 Å². The number of ether oxygens (including phenoxy) is 1. The first kappa shape index (κ1) is 16.0. The van der Waals surface area contributed by atoms with Gasteiger partial charge in [0.25, 0.3) is 0 Å². The van der Waals surface area contributed by atoms with Crippen LogP contribution in [-0.2, 0) is 6.42 Å². The molecule has 1 heterocycles. The highest BCUT2D eigenvalue weighted by Gasteiger charge is 2.28. The molecule has 1 N–H and O–H groups in total. The number of benzene rings is 1. The van der Waals surface area contributed by atoms with Gasteiger partial charge >= 0.3 is 0 Å². The van der Waals surface area contributed by atoms with E-state index in [4.69, 9.17) is 4.74 Å². The molecule has 1 atom stereocenters.